The molecule has 0 saturated carbocycles. The van der Waals surface area contributed by atoms with Gasteiger partial charge in [0.05, 0.1) is 6.20 Å². The number of aliphatic imine (C=N–C) groups is 1. The maximum atomic E-state index is 8.47. The zero-order valence-corrected chi connectivity index (χ0v) is 4.69. The highest BCUT2D eigenvalue weighted by atomic mass is 16.5. The average Bonchev–Trinajstić information content (AvgIpc) is 1.90. The Morgan fingerprint density at radius 1 is 1.67 bits per heavy atom. The van der Waals surface area contributed by atoms with Crippen LogP contribution in [0.5, 0.6) is 0 Å². The molecule has 0 radical (unpaired) electrons. The van der Waals surface area contributed by atoms with Crippen LogP contribution in [0, 0.1) is 0 Å². The van der Waals surface area contributed by atoms with E-state index < -0.39 is 7.12 Å². The second-order valence-electron chi connectivity index (χ2n) is 1.55. The topological polar surface area (TPSA) is 62.0 Å². The summed E-state index contributed by atoms with van der Waals surface area (Å²) in [6, 6.07) is 0. The van der Waals surface area contributed by atoms with Crippen molar-refractivity contribution in [1.82, 2.24) is 0 Å². The van der Waals surface area contributed by atoms with Gasteiger partial charge in [-0.15, -0.1) is 0 Å². The van der Waals surface area contributed by atoms with Crippen LogP contribution in [0.3, 0.4) is 0 Å². The Bertz CT molecular complexity index is 154. The smallest absolute Gasteiger partial charge is 0.494 e. The molecule has 1 aliphatic rings. The van der Waals surface area contributed by atoms with Crippen molar-refractivity contribution in [3.63, 3.8) is 0 Å². The minimum absolute atomic E-state index is 0.0949. The van der Waals surface area contributed by atoms with Gasteiger partial charge in [0.25, 0.3) is 0 Å². The van der Waals surface area contributed by atoms with Gasteiger partial charge in [-0.2, -0.15) is 0 Å². The van der Waals surface area contributed by atoms with Gasteiger partial charge in [0.2, 0.25) is 0 Å². The van der Waals surface area contributed by atoms with Crippen LogP contribution in [0.2, 0.25) is 0 Å². The molecule has 0 bridgehead atoms. The molecule has 0 aliphatic carbocycles. The number of hydrogen-bond donors (Lipinski definition) is 2. The average molecular weight is 127 g/mol. The molecular formula is C4H6BNO3. The van der Waals surface area contributed by atoms with Crippen LogP contribution in [-0.2, 0) is 4.74 Å². The molecule has 9 heavy (non-hydrogen) atoms. The van der Waals surface area contributed by atoms with Crippen LogP contribution >= 0.6 is 0 Å². The van der Waals surface area contributed by atoms with Gasteiger partial charge in [0, 0.05) is 6.21 Å². The fraction of sp³-hybridized carbons (Fsp3) is 0.250. The Kier molecular flexibility index (Phi) is 1.86. The molecule has 0 atom stereocenters. The highest BCUT2D eigenvalue weighted by molar-refractivity contribution is 6.49. The molecule has 0 aromatic rings. The van der Waals surface area contributed by atoms with E-state index in [0.717, 1.165) is 0 Å². The predicted molar refractivity (Wildman–Crippen MR) is 32.7 cm³/mol. The van der Waals surface area contributed by atoms with E-state index in [-0.39, 0.29) is 5.66 Å². The summed E-state index contributed by atoms with van der Waals surface area (Å²) in [7, 11) is -1.54. The lowest BCUT2D eigenvalue weighted by Crippen LogP contribution is -2.20. The van der Waals surface area contributed by atoms with Crippen molar-refractivity contribution in [2.75, 3.05) is 6.61 Å². The minimum atomic E-state index is -1.54. The fourth-order valence-corrected chi connectivity index (χ4v) is 0.481. The number of ether oxygens (including phenoxy) is 1. The zero-order valence-electron chi connectivity index (χ0n) is 4.69. The predicted octanol–water partition coefficient (Wildman–Crippen LogP) is -1.06. The van der Waals surface area contributed by atoms with Crippen molar-refractivity contribution in [3.05, 3.63) is 11.9 Å². The molecule has 5 heteroatoms. The van der Waals surface area contributed by atoms with Crippen LogP contribution in [0.15, 0.2) is 16.9 Å². The van der Waals surface area contributed by atoms with Crippen molar-refractivity contribution < 1.29 is 14.8 Å². The first-order valence-electron chi connectivity index (χ1n) is 2.51. The molecule has 0 aromatic heterocycles. The largest absolute Gasteiger partial charge is 0.527 e. The quantitative estimate of drug-likeness (QED) is 0.441. The van der Waals surface area contributed by atoms with Gasteiger partial charge in [0.1, 0.15) is 12.3 Å². The summed E-state index contributed by atoms with van der Waals surface area (Å²) in [6.45, 7) is 0.309. The monoisotopic (exact) mass is 127 g/mol. The summed E-state index contributed by atoms with van der Waals surface area (Å²) in [5.74, 6) is 0. The number of nitrogens with zero attached hydrogens (tertiary/aromatic N) is 1. The lowest BCUT2D eigenvalue weighted by molar-refractivity contribution is 0.253. The molecule has 1 rings (SSSR count). The molecule has 0 saturated heterocycles. The highest BCUT2D eigenvalue weighted by Crippen LogP contribution is 2.01. The molecular weight excluding hydrogens is 121 g/mol. The molecule has 0 spiro atoms. The second-order valence-corrected chi connectivity index (χ2v) is 1.55. The summed E-state index contributed by atoms with van der Waals surface area (Å²) in [5.41, 5.74) is 0.0949. The number of hydrogen-bond acceptors (Lipinski definition) is 4. The molecule has 2 N–H and O–H groups in total. The summed E-state index contributed by atoms with van der Waals surface area (Å²) < 4.78 is 4.75. The lowest BCUT2D eigenvalue weighted by Gasteiger charge is -2.07. The first-order chi connectivity index (χ1) is 4.30. The van der Waals surface area contributed by atoms with Crippen LogP contribution in [0.25, 0.3) is 0 Å². The molecule has 0 amide bonds. The van der Waals surface area contributed by atoms with E-state index in [1.165, 1.54) is 12.4 Å². The summed E-state index contributed by atoms with van der Waals surface area (Å²) in [5, 5.41) is 16.9. The molecule has 4 nitrogen and oxygen atoms in total. The maximum Gasteiger partial charge on any atom is 0.527 e. The van der Waals surface area contributed by atoms with E-state index in [1.807, 2.05) is 0 Å². The van der Waals surface area contributed by atoms with Crippen molar-refractivity contribution in [2.24, 2.45) is 4.99 Å². The van der Waals surface area contributed by atoms with Crippen molar-refractivity contribution in [2.45, 2.75) is 0 Å². The third-order valence-electron chi connectivity index (χ3n) is 0.886. The molecule has 48 valence electrons. The minimum Gasteiger partial charge on any atom is -0.494 e. The Balaban J connectivity index is 2.57. The van der Waals surface area contributed by atoms with Gasteiger partial charge in [0.15, 0.2) is 0 Å². The van der Waals surface area contributed by atoms with E-state index in [0.29, 0.717) is 6.61 Å². The van der Waals surface area contributed by atoms with Gasteiger partial charge in [-0.25, -0.2) is 0 Å². The summed E-state index contributed by atoms with van der Waals surface area (Å²) >= 11 is 0. The molecule has 1 aliphatic heterocycles. The van der Waals surface area contributed by atoms with Crippen molar-refractivity contribution in [3.8, 4) is 0 Å². The van der Waals surface area contributed by atoms with Crippen LogP contribution in [0.1, 0.15) is 0 Å². The van der Waals surface area contributed by atoms with E-state index in [1.54, 1.807) is 0 Å². The van der Waals surface area contributed by atoms with Crippen LogP contribution in [-0.4, -0.2) is 30.0 Å². The summed E-state index contributed by atoms with van der Waals surface area (Å²) in [4.78, 5) is 3.65. The fourth-order valence-electron chi connectivity index (χ4n) is 0.481. The van der Waals surface area contributed by atoms with Gasteiger partial charge >= 0.3 is 7.12 Å². The molecule has 1 heterocycles. The number of rotatable bonds is 1. The molecule has 0 aromatic carbocycles. The Labute approximate surface area is 52.6 Å². The van der Waals surface area contributed by atoms with E-state index in [4.69, 9.17) is 14.8 Å². The Hall–Kier alpha value is -0.805. The normalized spacial score (nSPS) is 16.4. The van der Waals surface area contributed by atoms with Gasteiger partial charge in [-0.3, -0.25) is 4.99 Å². The lowest BCUT2D eigenvalue weighted by atomic mass is 9.89. The maximum absolute atomic E-state index is 8.47. The van der Waals surface area contributed by atoms with E-state index in [2.05, 4.69) is 4.99 Å². The third kappa shape index (κ3) is 1.55. The van der Waals surface area contributed by atoms with Crippen LogP contribution in [0.4, 0.5) is 0 Å². The molecule has 0 fully saturated rings. The van der Waals surface area contributed by atoms with Gasteiger partial charge in [-0.1, -0.05) is 0 Å². The van der Waals surface area contributed by atoms with Crippen molar-refractivity contribution >= 4 is 13.3 Å². The molecule has 0 unspecified atom stereocenters. The first-order valence-corrected chi connectivity index (χ1v) is 2.51. The SMILES string of the molecule is OB(O)C1=CN=CCO1. The standard InChI is InChI=1S/C4H6BNO3/c7-5(8)4-3-6-1-2-9-4/h1,3,7-8H,2H2. The second kappa shape index (κ2) is 2.66. The Morgan fingerprint density at radius 3 is 2.78 bits per heavy atom. The zero-order chi connectivity index (χ0) is 6.69. The van der Waals surface area contributed by atoms with Crippen LogP contribution < -0.4 is 0 Å². The van der Waals surface area contributed by atoms with Gasteiger partial charge in [-0.05, 0) is 0 Å². The van der Waals surface area contributed by atoms with Gasteiger partial charge < -0.3 is 14.8 Å². The highest BCUT2D eigenvalue weighted by Gasteiger charge is 2.17. The van der Waals surface area contributed by atoms with E-state index in [9.17, 15) is 0 Å². The van der Waals surface area contributed by atoms with Crippen molar-refractivity contribution in [1.29, 1.82) is 0 Å². The first kappa shape index (κ1) is 6.32. The third-order valence-corrected chi connectivity index (χ3v) is 0.886. The Morgan fingerprint density at radius 2 is 2.44 bits per heavy atom. The summed E-state index contributed by atoms with van der Waals surface area (Å²) in [6.07, 6.45) is 2.81. The van der Waals surface area contributed by atoms with E-state index >= 15 is 0 Å².